The standard InChI is InChI=1S/C41H50N6O4/c1-27-23-29(33-26-43-37(45-33)35-20-14-22-47(35)39(49)51-41(5,6)7)24-32(28-15-9-8-10-16-28)31(27)18-12-11-17-30-25-42-36(44-30)34-19-13-21-46(34)38(48)50-40(2,3)4/h8-12,15-18,23-26,34-35H,13-14,19-22H2,1-7H3,(H,42,44)(H,43,45)/t34-,35-/m0/s1. The molecule has 2 aromatic carbocycles. The van der Waals surface area contributed by atoms with Crippen LogP contribution in [0.2, 0.25) is 0 Å². The lowest BCUT2D eigenvalue weighted by Crippen LogP contribution is -2.36. The number of carbonyl (C=O) groups excluding carboxylic acids is 2. The molecule has 4 heterocycles. The summed E-state index contributed by atoms with van der Waals surface area (Å²) in [5, 5.41) is 0. The van der Waals surface area contributed by atoms with Gasteiger partial charge in [0.25, 0.3) is 0 Å². The number of carbonyl (C=O) groups is 2. The lowest BCUT2D eigenvalue weighted by atomic mass is 9.92. The zero-order chi connectivity index (χ0) is 36.3. The van der Waals surface area contributed by atoms with Gasteiger partial charge in [-0.3, -0.25) is 9.80 Å². The van der Waals surface area contributed by atoms with Crippen molar-refractivity contribution in [2.24, 2.45) is 0 Å². The molecule has 4 aromatic rings. The predicted octanol–water partition coefficient (Wildman–Crippen LogP) is 9.65. The molecule has 2 atom stereocenters. The van der Waals surface area contributed by atoms with Gasteiger partial charge in [-0.25, -0.2) is 19.6 Å². The summed E-state index contributed by atoms with van der Waals surface area (Å²) in [6.45, 7) is 14.7. The number of aromatic amines is 2. The summed E-state index contributed by atoms with van der Waals surface area (Å²) in [6.07, 6.45) is 14.7. The zero-order valence-corrected chi connectivity index (χ0v) is 30.8. The number of ether oxygens (including phenoxy) is 2. The summed E-state index contributed by atoms with van der Waals surface area (Å²) in [5.41, 5.74) is 6.15. The van der Waals surface area contributed by atoms with Crippen LogP contribution in [0.5, 0.6) is 0 Å². The fourth-order valence-electron chi connectivity index (χ4n) is 6.78. The van der Waals surface area contributed by atoms with Crippen LogP contribution in [0.25, 0.3) is 34.5 Å². The first-order chi connectivity index (χ1) is 24.3. The highest BCUT2D eigenvalue weighted by atomic mass is 16.6. The van der Waals surface area contributed by atoms with Crippen molar-refractivity contribution in [1.82, 2.24) is 29.7 Å². The van der Waals surface area contributed by atoms with Gasteiger partial charge in [0.15, 0.2) is 0 Å². The van der Waals surface area contributed by atoms with E-state index >= 15 is 0 Å². The third-order valence-electron chi connectivity index (χ3n) is 9.04. The van der Waals surface area contributed by atoms with Crippen molar-refractivity contribution in [3.8, 4) is 22.4 Å². The van der Waals surface area contributed by atoms with Crippen LogP contribution in [0.4, 0.5) is 9.59 Å². The van der Waals surface area contributed by atoms with Gasteiger partial charge in [0.05, 0.1) is 35.9 Å². The van der Waals surface area contributed by atoms with Gasteiger partial charge in [0.2, 0.25) is 0 Å². The van der Waals surface area contributed by atoms with E-state index in [0.29, 0.717) is 13.1 Å². The van der Waals surface area contributed by atoms with Crippen molar-refractivity contribution in [1.29, 1.82) is 0 Å². The Morgan fingerprint density at radius 1 is 0.765 bits per heavy atom. The molecule has 2 saturated heterocycles. The van der Waals surface area contributed by atoms with Gasteiger partial charge in [-0.1, -0.05) is 48.6 Å². The van der Waals surface area contributed by atoms with Gasteiger partial charge in [0, 0.05) is 18.7 Å². The van der Waals surface area contributed by atoms with E-state index in [1.807, 2.05) is 72.0 Å². The highest BCUT2D eigenvalue weighted by Gasteiger charge is 2.36. The average molecular weight is 691 g/mol. The summed E-state index contributed by atoms with van der Waals surface area (Å²) < 4.78 is 11.3. The molecule has 51 heavy (non-hydrogen) atoms. The number of H-pyrrole nitrogens is 2. The topological polar surface area (TPSA) is 116 Å². The molecule has 268 valence electrons. The summed E-state index contributed by atoms with van der Waals surface area (Å²) in [5.74, 6) is 1.54. The first-order valence-electron chi connectivity index (χ1n) is 17.9. The van der Waals surface area contributed by atoms with Gasteiger partial charge in [-0.2, -0.15) is 0 Å². The molecular weight excluding hydrogens is 640 g/mol. The van der Waals surface area contributed by atoms with Crippen LogP contribution < -0.4 is 0 Å². The number of likely N-dealkylation sites (tertiary alicyclic amines) is 2. The quantitative estimate of drug-likeness (QED) is 0.187. The van der Waals surface area contributed by atoms with Gasteiger partial charge < -0.3 is 19.4 Å². The number of aryl methyl sites for hydroxylation is 1. The average Bonchev–Trinajstić information content (AvgIpc) is 3.88. The Morgan fingerprint density at radius 3 is 1.94 bits per heavy atom. The predicted molar refractivity (Wildman–Crippen MR) is 201 cm³/mol. The third-order valence-corrected chi connectivity index (χ3v) is 9.04. The number of nitrogens with one attached hydrogen (secondary N) is 2. The molecular formula is C41H50N6O4. The molecule has 10 nitrogen and oxygen atoms in total. The number of amides is 2. The van der Waals surface area contributed by atoms with Crippen molar-refractivity contribution < 1.29 is 19.1 Å². The van der Waals surface area contributed by atoms with Crippen LogP contribution in [0.15, 0.2) is 67.0 Å². The fourth-order valence-corrected chi connectivity index (χ4v) is 6.78. The van der Waals surface area contributed by atoms with Crippen LogP contribution in [0.1, 0.15) is 108 Å². The Labute approximate surface area is 301 Å². The number of allylic oxidation sites excluding steroid dienone is 2. The molecule has 2 amide bonds. The van der Waals surface area contributed by atoms with E-state index in [2.05, 4.69) is 64.3 Å². The molecule has 0 aliphatic carbocycles. The molecule has 0 unspecified atom stereocenters. The van der Waals surface area contributed by atoms with Gasteiger partial charge in [-0.05, 0) is 115 Å². The van der Waals surface area contributed by atoms with E-state index in [1.54, 1.807) is 16.0 Å². The number of rotatable bonds is 7. The Bertz CT molecular complexity index is 1910. The zero-order valence-electron chi connectivity index (χ0n) is 30.8. The highest BCUT2D eigenvalue weighted by molar-refractivity contribution is 5.82. The van der Waals surface area contributed by atoms with Crippen molar-refractivity contribution in [2.45, 2.75) is 97.4 Å². The third kappa shape index (κ3) is 8.61. The molecule has 2 aliphatic heterocycles. The molecule has 0 spiro atoms. The van der Waals surface area contributed by atoms with E-state index in [-0.39, 0.29) is 24.3 Å². The maximum atomic E-state index is 13.0. The Hall–Kier alpha value is -5.12. The summed E-state index contributed by atoms with van der Waals surface area (Å²) in [7, 11) is 0. The van der Waals surface area contributed by atoms with Crippen LogP contribution in [0, 0.1) is 6.92 Å². The minimum Gasteiger partial charge on any atom is -0.444 e. The lowest BCUT2D eigenvalue weighted by Gasteiger charge is -2.27. The maximum absolute atomic E-state index is 13.0. The second-order valence-electron chi connectivity index (χ2n) is 15.4. The van der Waals surface area contributed by atoms with Crippen LogP contribution in [0.3, 0.4) is 0 Å². The molecule has 10 heteroatoms. The van der Waals surface area contributed by atoms with E-state index < -0.39 is 11.2 Å². The molecule has 2 aromatic heterocycles. The second kappa shape index (κ2) is 14.6. The van der Waals surface area contributed by atoms with Crippen molar-refractivity contribution >= 4 is 24.3 Å². The summed E-state index contributed by atoms with van der Waals surface area (Å²) in [6, 6.07) is 14.5. The Kier molecular flexibility index (Phi) is 10.2. The normalized spacial score (nSPS) is 18.3. The van der Waals surface area contributed by atoms with Crippen LogP contribution in [-0.4, -0.2) is 66.2 Å². The molecule has 2 aliphatic rings. The molecule has 2 N–H and O–H groups in total. The number of aromatic nitrogens is 4. The summed E-state index contributed by atoms with van der Waals surface area (Å²) in [4.78, 5) is 45.6. The summed E-state index contributed by atoms with van der Waals surface area (Å²) >= 11 is 0. The number of hydrogen-bond acceptors (Lipinski definition) is 6. The molecule has 0 saturated carbocycles. The van der Waals surface area contributed by atoms with Crippen molar-refractivity contribution in [3.63, 3.8) is 0 Å². The minimum atomic E-state index is -0.555. The monoisotopic (exact) mass is 690 g/mol. The number of imidazole rings is 2. The van der Waals surface area contributed by atoms with Crippen LogP contribution in [-0.2, 0) is 9.47 Å². The van der Waals surface area contributed by atoms with E-state index in [0.717, 1.165) is 76.5 Å². The smallest absolute Gasteiger partial charge is 0.410 e. The van der Waals surface area contributed by atoms with E-state index in [4.69, 9.17) is 14.5 Å². The maximum Gasteiger partial charge on any atom is 0.410 e. The molecule has 2 fully saturated rings. The van der Waals surface area contributed by atoms with Crippen molar-refractivity contribution in [3.05, 3.63) is 95.5 Å². The number of benzene rings is 2. The number of nitrogens with zero attached hydrogens (tertiary/aromatic N) is 4. The van der Waals surface area contributed by atoms with Crippen LogP contribution >= 0.6 is 0 Å². The first kappa shape index (κ1) is 35.7. The highest BCUT2D eigenvalue weighted by Crippen LogP contribution is 2.36. The second-order valence-corrected chi connectivity index (χ2v) is 15.4. The number of hydrogen-bond donors (Lipinski definition) is 2. The first-order valence-corrected chi connectivity index (χ1v) is 17.9. The van der Waals surface area contributed by atoms with Gasteiger partial charge in [0.1, 0.15) is 22.9 Å². The lowest BCUT2D eigenvalue weighted by molar-refractivity contribution is 0.0208. The fraction of sp³-hybridized carbons (Fsp3) is 0.415. The SMILES string of the molecule is Cc1cc(-c2cnc([C@@H]3CCCN3C(=O)OC(C)(C)C)[nH]2)cc(-c2ccccc2)c1C=CC=Cc1cnc([C@@H]2CCCN2C(=O)OC(C)(C)C)[nH]1. The van der Waals surface area contributed by atoms with E-state index in [1.165, 1.54) is 0 Å². The largest absolute Gasteiger partial charge is 0.444 e. The molecule has 0 bridgehead atoms. The molecule has 6 rings (SSSR count). The minimum absolute atomic E-state index is 0.125. The van der Waals surface area contributed by atoms with Crippen molar-refractivity contribution in [2.75, 3.05) is 13.1 Å². The Balaban J connectivity index is 1.21. The Morgan fingerprint density at radius 2 is 1.33 bits per heavy atom. The van der Waals surface area contributed by atoms with Gasteiger partial charge >= 0.3 is 12.2 Å². The molecule has 0 radical (unpaired) electrons. The van der Waals surface area contributed by atoms with Gasteiger partial charge in [-0.15, -0.1) is 0 Å². The van der Waals surface area contributed by atoms with E-state index in [9.17, 15) is 9.59 Å².